The molecule has 0 nitrogen and oxygen atoms in total. The third kappa shape index (κ3) is 2.86. The van der Waals surface area contributed by atoms with Crippen LogP contribution < -0.4 is 0 Å². The molecule has 0 spiro atoms. The van der Waals surface area contributed by atoms with Gasteiger partial charge >= 0.3 is 0 Å². The van der Waals surface area contributed by atoms with E-state index < -0.39 is 0 Å². The highest BCUT2D eigenvalue weighted by Gasteiger charge is 2.12. The highest BCUT2D eigenvalue weighted by Crippen LogP contribution is 2.25. The quantitative estimate of drug-likeness (QED) is 0.486. The summed E-state index contributed by atoms with van der Waals surface area (Å²) in [5, 5.41) is 0. The molecule has 0 heterocycles. The standard InChI is InChI=1S/C10H18/c1-6-8-9(7-2)10(3,4)5/h6-8H,1-5H3/b8-6-,9-7+. The molecule has 58 valence electrons. The molecule has 0 heteroatoms. The molecule has 10 heavy (non-hydrogen) atoms. The fraction of sp³-hybridized carbons (Fsp3) is 0.600. The number of allylic oxidation sites excluding steroid dienone is 4. The van der Waals surface area contributed by atoms with Crippen LogP contribution in [0.25, 0.3) is 0 Å². The van der Waals surface area contributed by atoms with E-state index in [1.165, 1.54) is 5.57 Å². The van der Waals surface area contributed by atoms with Gasteiger partial charge in [0.1, 0.15) is 0 Å². The molecule has 0 bridgehead atoms. The van der Waals surface area contributed by atoms with Crippen LogP contribution in [0.3, 0.4) is 0 Å². The molecule has 0 saturated carbocycles. The molecule has 0 radical (unpaired) electrons. The Hall–Kier alpha value is -0.520. The summed E-state index contributed by atoms with van der Waals surface area (Å²) in [4.78, 5) is 0. The average Bonchev–Trinajstić information content (AvgIpc) is 1.80. The van der Waals surface area contributed by atoms with E-state index >= 15 is 0 Å². The number of rotatable bonds is 1. The summed E-state index contributed by atoms with van der Waals surface area (Å²) in [5.74, 6) is 0. The molecule has 0 aliphatic heterocycles. The van der Waals surface area contributed by atoms with E-state index in [1.807, 2.05) is 0 Å². The van der Waals surface area contributed by atoms with Gasteiger partial charge in [0.15, 0.2) is 0 Å². The van der Waals surface area contributed by atoms with Gasteiger partial charge in [-0.1, -0.05) is 39.0 Å². The van der Waals surface area contributed by atoms with Crippen LogP contribution in [-0.4, -0.2) is 0 Å². The van der Waals surface area contributed by atoms with Crippen molar-refractivity contribution >= 4 is 0 Å². The van der Waals surface area contributed by atoms with Crippen molar-refractivity contribution in [2.75, 3.05) is 0 Å². The largest absolute Gasteiger partial charge is 0.0874 e. The third-order valence-corrected chi connectivity index (χ3v) is 1.52. The minimum atomic E-state index is 0.293. The van der Waals surface area contributed by atoms with Crippen molar-refractivity contribution in [3.05, 3.63) is 23.8 Å². The zero-order chi connectivity index (χ0) is 8.20. The lowest BCUT2D eigenvalue weighted by Crippen LogP contribution is -2.06. The minimum Gasteiger partial charge on any atom is -0.0874 e. The van der Waals surface area contributed by atoms with Gasteiger partial charge in [0, 0.05) is 0 Å². The van der Waals surface area contributed by atoms with Crippen LogP contribution >= 0.6 is 0 Å². The predicted octanol–water partition coefficient (Wildman–Crippen LogP) is 3.55. The van der Waals surface area contributed by atoms with Crippen molar-refractivity contribution < 1.29 is 0 Å². The molecular weight excluding hydrogens is 120 g/mol. The SMILES string of the molecule is C/C=C\C(=C/C)C(C)(C)C. The van der Waals surface area contributed by atoms with Gasteiger partial charge in [0.05, 0.1) is 0 Å². The van der Waals surface area contributed by atoms with Crippen LogP contribution in [0, 0.1) is 5.41 Å². The lowest BCUT2D eigenvalue weighted by molar-refractivity contribution is 0.516. The second-order valence-corrected chi connectivity index (χ2v) is 3.49. The summed E-state index contributed by atoms with van der Waals surface area (Å²) < 4.78 is 0. The van der Waals surface area contributed by atoms with E-state index in [-0.39, 0.29) is 0 Å². The van der Waals surface area contributed by atoms with Crippen LogP contribution in [-0.2, 0) is 0 Å². The molecule has 0 fully saturated rings. The van der Waals surface area contributed by atoms with E-state index in [1.54, 1.807) is 0 Å². The maximum Gasteiger partial charge on any atom is -0.0135 e. The van der Waals surface area contributed by atoms with E-state index in [0.29, 0.717) is 5.41 Å². The molecule has 0 N–H and O–H groups in total. The first kappa shape index (κ1) is 9.48. The topological polar surface area (TPSA) is 0 Å². The first-order valence-electron chi connectivity index (χ1n) is 3.82. The van der Waals surface area contributed by atoms with Gasteiger partial charge in [0.2, 0.25) is 0 Å². The molecule has 0 unspecified atom stereocenters. The van der Waals surface area contributed by atoms with Crippen LogP contribution in [0.1, 0.15) is 34.6 Å². The Labute approximate surface area is 64.6 Å². The third-order valence-electron chi connectivity index (χ3n) is 1.52. The second-order valence-electron chi connectivity index (χ2n) is 3.49. The zero-order valence-electron chi connectivity index (χ0n) is 7.73. The van der Waals surface area contributed by atoms with E-state index in [4.69, 9.17) is 0 Å². The van der Waals surface area contributed by atoms with Gasteiger partial charge in [-0.3, -0.25) is 0 Å². The van der Waals surface area contributed by atoms with Crippen molar-refractivity contribution in [2.45, 2.75) is 34.6 Å². The molecule has 0 atom stereocenters. The van der Waals surface area contributed by atoms with Crippen molar-refractivity contribution in [3.63, 3.8) is 0 Å². The Balaban J connectivity index is 4.39. The molecule has 0 saturated heterocycles. The monoisotopic (exact) mass is 138 g/mol. The van der Waals surface area contributed by atoms with E-state index in [9.17, 15) is 0 Å². The summed E-state index contributed by atoms with van der Waals surface area (Å²) in [6.45, 7) is 10.8. The minimum absolute atomic E-state index is 0.293. The van der Waals surface area contributed by atoms with Gasteiger partial charge < -0.3 is 0 Å². The van der Waals surface area contributed by atoms with Crippen LogP contribution in [0.15, 0.2) is 23.8 Å². The molecule has 0 amide bonds. The second kappa shape index (κ2) is 3.60. The van der Waals surface area contributed by atoms with Crippen molar-refractivity contribution in [1.29, 1.82) is 0 Å². The molecule has 0 rings (SSSR count). The maximum atomic E-state index is 2.22. The molecule has 0 aromatic carbocycles. The van der Waals surface area contributed by atoms with Gasteiger partial charge in [0.25, 0.3) is 0 Å². The molecule has 0 aliphatic rings. The molecular formula is C10H18. The summed E-state index contributed by atoms with van der Waals surface area (Å²) >= 11 is 0. The molecule has 0 aliphatic carbocycles. The Bertz CT molecular complexity index is 142. The summed E-state index contributed by atoms with van der Waals surface area (Å²) in [6, 6.07) is 0. The van der Waals surface area contributed by atoms with Gasteiger partial charge in [-0.15, -0.1) is 0 Å². The van der Waals surface area contributed by atoms with E-state index in [0.717, 1.165) is 0 Å². The van der Waals surface area contributed by atoms with Crippen LogP contribution in [0.5, 0.6) is 0 Å². The fourth-order valence-corrected chi connectivity index (χ4v) is 0.959. The maximum absolute atomic E-state index is 2.22. The Morgan fingerprint density at radius 3 is 1.70 bits per heavy atom. The Morgan fingerprint density at radius 2 is 1.60 bits per heavy atom. The van der Waals surface area contributed by atoms with E-state index in [2.05, 4.69) is 52.8 Å². The molecule has 0 aromatic heterocycles. The van der Waals surface area contributed by atoms with Gasteiger partial charge in [-0.05, 0) is 24.8 Å². The first-order valence-corrected chi connectivity index (χ1v) is 3.82. The predicted molar refractivity (Wildman–Crippen MR) is 48.0 cm³/mol. The Morgan fingerprint density at radius 1 is 1.10 bits per heavy atom. The highest BCUT2D eigenvalue weighted by molar-refractivity contribution is 5.23. The summed E-state index contributed by atoms with van der Waals surface area (Å²) in [7, 11) is 0. The van der Waals surface area contributed by atoms with Crippen LogP contribution in [0.4, 0.5) is 0 Å². The lowest BCUT2D eigenvalue weighted by Gasteiger charge is -2.19. The van der Waals surface area contributed by atoms with Crippen molar-refractivity contribution in [2.24, 2.45) is 5.41 Å². The average molecular weight is 138 g/mol. The van der Waals surface area contributed by atoms with Gasteiger partial charge in [-0.25, -0.2) is 0 Å². The van der Waals surface area contributed by atoms with Crippen molar-refractivity contribution in [1.82, 2.24) is 0 Å². The summed E-state index contributed by atoms with van der Waals surface area (Å²) in [6.07, 6.45) is 6.42. The first-order chi connectivity index (χ1) is 4.52. The number of hydrogen-bond acceptors (Lipinski definition) is 0. The zero-order valence-corrected chi connectivity index (χ0v) is 7.73. The number of hydrogen-bond donors (Lipinski definition) is 0. The lowest BCUT2D eigenvalue weighted by atomic mass is 9.86. The molecule has 0 aromatic rings. The smallest absolute Gasteiger partial charge is 0.0135 e. The normalized spacial score (nSPS) is 14.7. The highest BCUT2D eigenvalue weighted by atomic mass is 14.2. The van der Waals surface area contributed by atoms with Crippen molar-refractivity contribution in [3.8, 4) is 0 Å². The fourth-order valence-electron chi connectivity index (χ4n) is 0.959. The van der Waals surface area contributed by atoms with Crippen LogP contribution in [0.2, 0.25) is 0 Å². The van der Waals surface area contributed by atoms with Gasteiger partial charge in [-0.2, -0.15) is 0 Å². The Kier molecular flexibility index (Phi) is 3.41. The summed E-state index contributed by atoms with van der Waals surface area (Å²) in [5.41, 5.74) is 1.69.